The van der Waals surface area contributed by atoms with Crippen LogP contribution in [0.1, 0.15) is 0 Å². The number of rotatable bonds is 8. The Labute approximate surface area is 385 Å². The highest BCUT2D eigenvalue weighted by Crippen LogP contribution is 2.41. The molecule has 0 atom stereocenters. The third kappa shape index (κ3) is 6.60. The van der Waals surface area contributed by atoms with Crippen molar-refractivity contribution < 1.29 is 4.42 Å². The molecule has 0 aliphatic heterocycles. The van der Waals surface area contributed by atoms with Gasteiger partial charge in [-0.05, 0) is 82.9 Å². The van der Waals surface area contributed by atoms with Crippen LogP contribution >= 0.6 is 0 Å². The molecule has 8 aromatic carbocycles. The topological polar surface area (TPSA) is 74.6 Å². The first-order chi connectivity index (χ1) is 33.2. The molecule has 7 heteroatoms. The first-order valence-corrected chi connectivity index (χ1v) is 22.4. The predicted octanol–water partition coefficient (Wildman–Crippen LogP) is 15.1. The molecule has 0 bridgehead atoms. The average Bonchev–Trinajstić information content (AvgIpc) is 4.13. The lowest BCUT2D eigenvalue weighted by Gasteiger charge is -2.14. The summed E-state index contributed by atoms with van der Waals surface area (Å²) in [5.41, 5.74) is 14.0. The number of aromatic nitrogens is 6. The first-order valence-electron chi connectivity index (χ1n) is 22.4. The molecule has 314 valence electrons. The maximum absolute atomic E-state index is 6.74. The van der Waals surface area contributed by atoms with Gasteiger partial charge >= 0.3 is 0 Å². The zero-order chi connectivity index (χ0) is 44.3. The molecule has 0 fully saturated rings. The molecule has 0 unspecified atom stereocenters. The number of benzene rings is 8. The summed E-state index contributed by atoms with van der Waals surface area (Å²) in [6.07, 6.45) is 0. The molecule has 5 heterocycles. The van der Waals surface area contributed by atoms with Crippen LogP contribution in [-0.4, -0.2) is 29.3 Å². The summed E-state index contributed by atoms with van der Waals surface area (Å²) in [5, 5.41) is 13.8. The summed E-state index contributed by atoms with van der Waals surface area (Å²) in [6, 6.07) is 80.0. The zero-order valence-corrected chi connectivity index (χ0v) is 36.0. The Kier molecular flexibility index (Phi) is 9.03. The molecule has 0 amide bonds. The summed E-state index contributed by atoms with van der Waals surface area (Å²) in [5.74, 6) is 2.48. The van der Waals surface area contributed by atoms with Gasteiger partial charge in [-0.2, -0.15) is 0 Å². The highest BCUT2D eigenvalue weighted by Gasteiger charge is 2.23. The van der Waals surface area contributed by atoms with Crippen molar-refractivity contribution in [1.82, 2.24) is 29.3 Å². The van der Waals surface area contributed by atoms with Crippen molar-refractivity contribution in [2.45, 2.75) is 0 Å². The second-order valence-corrected chi connectivity index (χ2v) is 16.7. The minimum atomic E-state index is 0.421. The van der Waals surface area contributed by atoms with Crippen molar-refractivity contribution in [1.29, 1.82) is 0 Å². The standard InChI is InChI=1S/C60H38N6O/c1-5-18-39(19-6-1)44-35-51(41-22-9-3-10-23-41)61-56(37-44)65-53-30-15-14-27-47(53)50-34-43(32-33-55(50)65)59-63-64-60(67-59)49-29-17-28-48-46-26-13-16-31-54(46)66(58(48)49)57-38-45(40-20-7-2-8-21-40)36-52(62-57)42-24-11-4-12-25-42/h1-38H. The maximum Gasteiger partial charge on any atom is 0.250 e. The summed E-state index contributed by atoms with van der Waals surface area (Å²) in [7, 11) is 0. The van der Waals surface area contributed by atoms with Crippen LogP contribution < -0.4 is 0 Å². The van der Waals surface area contributed by atoms with Crippen LogP contribution in [0, 0.1) is 0 Å². The first kappa shape index (κ1) is 38.3. The lowest BCUT2D eigenvalue weighted by Crippen LogP contribution is -2.01. The average molecular weight is 859 g/mol. The fourth-order valence-corrected chi connectivity index (χ4v) is 9.60. The van der Waals surface area contributed by atoms with Crippen molar-refractivity contribution in [3.05, 3.63) is 231 Å². The van der Waals surface area contributed by atoms with Crippen molar-refractivity contribution in [3.63, 3.8) is 0 Å². The smallest absolute Gasteiger partial charge is 0.250 e. The van der Waals surface area contributed by atoms with Crippen molar-refractivity contribution in [3.8, 4) is 79.3 Å². The maximum atomic E-state index is 6.74. The number of fused-ring (bicyclic) bond motifs is 6. The second kappa shape index (κ2) is 15.8. The monoisotopic (exact) mass is 858 g/mol. The Morgan fingerprint density at radius 2 is 0.761 bits per heavy atom. The van der Waals surface area contributed by atoms with Crippen LogP contribution in [-0.2, 0) is 0 Å². The number of para-hydroxylation sites is 3. The molecule has 67 heavy (non-hydrogen) atoms. The summed E-state index contributed by atoms with van der Waals surface area (Å²) in [6.45, 7) is 0. The molecular formula is C60H38N6O. The van der Waals surface area contributed by atoms with Gasteiger partial charge in [0, 0.05) is 38.2 Å². The van der Waals surface area contributed by atoms with Gasteiger partial charge in [-0.1, -0.05) is 170 Å². The zero-order valence-electron chi connectivity index (χ0n) is 36.0. The number of nitrogens with zero attached hydrogens (tertiary/aromatic N) is 6. The van der Waals surface area contributed by atoms with Gasteiger partial charge in [-0.15, -0.1) is 10.2 Å². The molecule has 0 saturated carbocycles. The molecule has 0 aliphatic carbocycles. The highest BCUT2D eigenvalue weighted by atomic mass is 16.4. The Bertz CT molecular complexity index is 3850. The van der Waals surface area contributed by atoms with Crippen molar-refractivity contribution in [2.24, 2.45) is 0 Å². The minimum Gasteiger partial charge on any atom is -0.416 e. The van der Waals surface area contributed by atoms with Gasteiger partial charge in [0.25, 0.3) is 0 Å². The summed E-state index contributed by atoms with van der Waals surface area (Å²) in [4.78, 5) is 10.7. The van der Waals surface area contributed by atoms with E-state index in [-0.39, 0.29) is 0 Å². The van der Waals surface area contributed by atoms with Gasteiger partial charge in [0.1, 0.15) is 11.6 Å². The van der Waals surface area contributed by atoms with Gasteiger partial charge in [-0.25, -0.2) is 9.97 Å². The van der Waals surface area contributed by atoms with Gasteiger partial charge in [0.15, 0.2) is 0 Å². The van der Waals surface area contributed by atoms with Crippen LogP contribution in [0.15, 0.2) is 235 Å². The lowest BCUT2D eigenvalue weighted by molar-refractivity contribution is 0.585. The van der Waals surface area contributed by atoms with Gasteiger partial charge in [0.05, 0.1) is 39.0 Å². The predicted molar refractivity (Wildman–Crippen MR) is 271 cm³/mol. The Morgan fingerprint density at radius 1 is 0.299 bits per heavy atom. The fourth-order valence-electron chi connectivity index (χ4n) is 9.60. The molecular weight excluding hydrogens is 821 g/mol. The Hall–Kier alpha value is -9.20. The fraction of sp³-hybridized carbons (Fsp3) is 0. The van der Waals surface area contributed by atoms with Crippen LogP contribution in [0.4, 0.5) is 0 Å². The highest BCUT2D eigenvalue weighted by molar-refractivity contribution is 6.13. The third-order valence-corrected chi connectivity index (χ3v) is 12.7. The summed E-state index contributed by atoms with van der Waals surface area (Å²) >= 11 is 0. The molecule has 0 radical (unpaired) electrons. The second-order valence-electron chi connectivity index (χ2n) is 16.7. The number of hydrogen-bond donors (Lipinski definition) is 0. The largest absolute Gasteiger partial charge is 0.416 e. The van der Waals surface area contributed by atoms with Crippen LogP contribution in [0.5, 0.6) is 0 Å². The van der Waals surface area contributed by atoms with E-state index in [4.69, 9.17) is 24.6 Å². The molecule has 0 spiro atoms. The van der Waals surface area contributed by atoms with E-state index in [1.54, 1.807) is 0 Å². The quantitative estimate of drug-likeness (QED) is 0.152. The lowest BCUT2D eigenvalue weighted by atomic mass is 10.0. The molecule has 0 aliphatic rings. The number of pyridine rings is 2. The van der Waals surface area contributed by atoms with E-state index >= 15 is 0 Å². The Morgan fingerprint density at radius 3 is 1.36 bits per heavy atom. The minimum absolute atomic E-state index is 0.421. The van der Waals surface area contributed by atoms with Crippen molar-refractivity contribution >= 4 is 43.6 Å². The van der Waals surface area contributed by atoms with E-state index in [0.29, 0.717) is 11.8 Å². The molecule has 7 nitrogen and oxygen atoms in total. The van der Waals surface area contributed by atoms with E-state index in [9.17, 15) is 0 Å². The molecule has 13 rings (SSSR count). The SMILES string of the molecule is c1ccc(-c2cc(-c3ccccc3)nc(-n3c4ccccc4c4cc(-c5nnc(-c6cccc7c8ccccc8n(-c8cc(-c9ccccc9)cc(-c9ccccc9)n8)c67)o5)ccc43)c2)cc1. The van der Waals surface area contributed by atoms with Gasteiger partial charge in [0.2, 0.25) is 11.8 Å². The van der Waals surface area contributed by atoms with Gasteiger partial charge in [-0.3, -0.25) is 9.13 Å². The van der Waals surface area contributed by atoms with E-state index in [0.717, 1.165) is 111 Å². The van der Waals surface area contributed by atoms with Crippen LogP contribution in [0.3, 0.4) is 0 Å². The normalized spacial score (nSPS) is 11.6. The van der Waals surface area contributed by atoms with Crippen molar-refractivity contribution in [2.75, 3.05) is 0 Å². The summed E-state index contributed by atoms with van der Waals surface area (Å²) < 4.78 is 11.2. The van der Waals surface area contributed by atoms with Gasteiger partial charge < -0.3 is 4.42 Å². The number of hydrogen-bond acceptors (Lipinski definition) is 5. The Balaban J connectivity index is 0.962. The van der Waals surface area contributed by atoms with E-state index in [1.165, 1.54) is 0 Å². The molecule has 5 aromatic heterocycles. The van der Waals surface area contributed by atoms with E-state index < -0.39 is 0 Å². The van der Waals surface area contributed by atoms with Crippen LogP contribution in [0.2, 0.25) is 0 Å². The molecule has 0 N–H and O–H groups in total. The van der Waals surface area contributed by atoms with E-state index in [2.05, 4.69) is 215 Å². The molecule has 13 aromatic rings. The molecule has 0 saturated heterocycles. The van der Waals surface area contributed by atoms with E-state index in [1.807, 2.05) is 24.3 Å². The van der Waals surface area contributed by atoms with Crippen LogP contribution in [0.25, 0.3) is 123 Å². The third-order valence-electron chi connectivity index (χ3n) is 12.7.